The Bertz CT molecular complexity index is 230. The quantitative estimate of drug-likeness (QED) is 0.673. The van der Waals surface area contributed by atoms with Gasteiger partial charge in [-0.05, 0) is 19.3 Å². The Morgan fingerprint density at radius 2 is 1.77 bits per heavy atom. The van der Waals surface area contributed by atoms with Crippen molar-refractivity contribution in [1.82, 2.24) is 0 Å². The van der Waals surface area contributed by atoms with E-state index in [9.17, 15) is 8.42 Å². The molecule has 0 spiro atoms. The van der Waals surface area contributed by atoms with Crippen molar-refractivity contribution in [3.8, 4) is 0 Å². The fraction of sp³-hybridized carbons (Fsp3) is 1.00. The van der Waals surface area contributed by atoms with Crippen molar-refractivity contribution in [2.45, 2.75) is 26.2 Å². The van der Waals surface area contributed by atoms with E-state index >= 15 is 0 Å². The van der Waals surface area contributed by atoms with Crippen molar-refractivity contribution in [2.75, 3.05) is 31.1 Å². The molecule has 13 heavy (non-hydrogen) atoms. The standard InChI is InChI=1S/C9H19NO2S/c1-2-13(11,12)9-8-10-6-4-3-5-7-10/h2-9H2,1H3/p+1. The molecule has 1 rings (SSSR count). The van der Waals surface area contributed by atoms with Gasteiger partial charge >= 0.3 is 0 Å². The molecule has 0 radical (unpaired) electrons. The summed E-state index contributed by atoms with van der Waals surface area (Å²) in [6, 6.07) is 0. The van der Waals surface area contributed by atoms with Gasteiger partial charge in [0.2, 0.25) is 0 Å². The van der Waals surface area contributed by atoms with Crippen LogP contribution < -0.4 is 4.90 Å². The lowest BCUT2D eigenvalue weighted by Gasteiger charge is -2.23. The third-order valence-corrected chi connectivity index (χ3v) is 4.47. The normalized spacial score (nSPS) is 20.4. The summed E-state index contributed by atoms with van der Waals surface area (Å²) in [5.74, 6) is 0.666. The lowest BCUT2D eigenvalue weighted by atomic mass is 10.1. The van der Waals surface area contributed by atoms with Gasteiger partial charge in [0.25, 0.3) is 0 Å². The van der Waals surface area contributed by atoms with Crippen LogP contribution in [0.2, 0.25) is 0 Å². The molecule has 1 N–H and O–H groups in total. The predicted octanol–water partition coefficient (Wildman–Crippen LogP) is -0.510. The minimum Gasteiger partial charge on any atom is -0.334 e. The molecule has 78 valence electrons. The predicted molar refractivity (Wildman–Crippen MR) is 53.7 cm³/mol. The van der Waals surface area contributed by atoms with E-state index in [1.165, 1.54) is 37.3 Å². The van der Waals surface area contributed by atoms with Gasteiger partial charge in [-0.15, -0.1) is 0 Å². The molecule has 1 saturated heterocycles. The monoisotopic (exact) mass is 206 g/mol. The lowest BCUT2D eigenvalue weighted by molar-refractivity contribution is -0.902. The zero-order chi connectivity index (χ0) is 9.73. The van der Waals surface area contributed by atoms with E-state index < -0.39 is 9.84 Å². The van der Waals surface area contributed by atoms with Crippen molar-refractivity contribution >= 4 is 9.84 Å². The third-order valence-electron chi connectivity index (χ3n) is 2.77. The second-order valence-corrected chi connectivity index (χ2v) is 6.27. The maximum absolute atomic E-state index is 11.2. The molecule has 0 atom stereocenters. The highest BCUT2D eigenvalue weighted by atomic mass is 32.2. The van der Waals surface area contributed by atoms with Crippen LogP contribution in [-0.2, 0) is 9.84 Å². The van der Waals surface area contributed by atoms with Gasteiger partial charge in [0.15, 0.2) is 9.84 Å². The molecule has 4 heteroatoms. The molecular formula is C9H20NO2S+. The Morgan fingerprint density at radius 1 is 1.15 bits per heavy atom. The van der Waals surface area contributed by atoms with E-state index in [1.807, 2.05) is 0 Å². The molecule has 0 unspecified atom stereocenters. The zero-order valence-corrected chi connectivity index (χ0v) is 9.20. The Balaban J connectivity index is 2.25. The molecule has 0 bridgehead atoms. The highest BCUT2D eigenvalue weighted by Gasteiger charge is 2.16. The molecule has 3 nitrogen and oxygen atoms in total. The summed E-state index contributed by atoms with van der Waals surface area (Å²) in [4.78, 5) is 1.48. The number of piperidine rings is 1. The van der Waals surface area contributed by atoms with E-state index in [2.05, 4.69) is 0 Å². The first-order valence-electron chi connectivity index (χ1n) is 5.18. The van der Waals surface area contributed by atoms with E-state index in [4.69, 9.17) is 0 Å². The molecular weight excluding hydrogens is 186 g/mol. The van der Waals surface area contributed by atoms with Gasteiger partial charge in [0.1, 0.15) is 0 Å². The number of hydrogen-bond acceptors (Lipinski definition) is 2. The van der Waals surface area contributed by atoms with Crippen LogP contribution in [-0.4, -0.2) is 39.6 Å². The van der Waals surface area contributed by atoms with Crippen LogP contribution >= 0.6 is 0 Å². The summed E-state index contributed by atoms with van der Waals surface area (Å²) in [6.45, 7) is 4.87. The summed E-state index contributed by atoms with van der Waals surface area (Å²) in [6.07, 6.45) is 3.85. The average Bonchev–Trinajstić information content (AvgIpc) is 2.17. The molecule has 1 heterocycles. The van der Waals surface area contributed by atoms with Crippen LogP contribution in [0.15, 0.2) is 0 Å². The number of nitrogens with one attached hydrogen (secondary N) is 1. The molecule has 1 aliphatic heterocycles. The van der Waals surface area contributed by atoms with Crippen molar-refractivity contribution < 1.29 is 13.3 Å². The molecule has 0 aromatic carbocycles. The van der Waals surface area contributed by atoms with E-state index in [1.54, 1.807) is 6.92 Å². The lowest BCUT2D eigenvalue weighted by Crippen LogP contribution is -3.13. The number of sulfone groups is 1. The Hall–Kier alpha value is -0.0900. The zero-order valence-electron chi connectivity index (χ0n) is 8.38. The Kier molecular flexibility index (Phi) is 4.19. The van der Waals surface area contributed by atoms with Crippen LogP contribution in [0.25, 0.3) is 0 Å². The second kappa shape index (κ2) is 4.96. The number of rotatable bonds is 4. The van der Waals surface area contributed by atoms with Gasteiger partial charge in [-0.2, -0.15) is 0 Å². The summed E-state index contributed by atoms with van der Waals surface area (Å²) in [5, 5.41) is 0. The van der Waals surface area contributed by atoms with Crippen LogP contribution in [0.4, 0.5) is 0 Å². The SMILES string of the molecule is CCS(=O)(=O)CC[NH+]1CCCCC1. The highest BCUT2D eigenvalue weighted by molar-refractivity contribution is 7.91. The van der Waals surface area contributed by atoms with Crippen molar-refractivity contribution in [1.29, 1.82) is 0 Å². The van der Waals surface area contributed by atoms with Crippen molar-refractivity contribution in [3.63, 3.8) is 0 Å². The Morgan fingerprint density at radius 3 is 2.31 bits per heavy atom. The van der Waals surface area contributed by atoms with E-state index in [0.717, 1.165) is 6.54 Å². The molecule has 0 aromatic heterocycles. The van der Waals surface area contributed by atoms with Gasteiger partial charge in [0, 0.05) is 5.75 Å². The number of likely N-dealkylation sites (tertiary alicyclic amines) is 1. The molecule has 1 fully saturated rings. The average molecular weight is 206 g/mol. The van der Waals surface area contributed by atoms with Crippen LogP contribution in [0.3, 0.4) is 0 Å². The van der Waals surface area contributed by atoms with E-state index in [0.29, 0.717) is 11.5 Å². The third kappa shape index (κ3) is 4.09. The van der Waals surface area contributed by atoms with Crippen molar-refractivity contribution in [2.24, 2.45) is 0 Å². The van der Waals surface area contributed by atoms with Gasteiger partial charge in [-0.25, -0.2) is 8.42 Å². The highest BCUT2D eigenvalue weighted by Crippen LogP contribution is 1.94. The van der Waals surface area contributed by atoms with Gasteiger partial charge in [-0.3, -0.25) is 0 Å². The summed E-state index contributed by atoms with van der Waals surface area (Å²) < 4.78 is 22.5. The first-order chi connectivity index (χ1) is 6.14. The van der Waals surface area contributed by atoms with Gasteiger partial charge < -0.3 is 4.90 Å². The van der Waals surface area contributed by atoms with Gasteiger partial charge in [-0.1, -0.05) is 6.92 Å². The summed E-state index contributed by atoms with van der Waals surface area (Å²) >= 11 is 0. The van der Waals surface area contributed by atoms with Crippen molar-refractivity contribution in [3.05, 3.63) is 0 Å². The molecule has 0 aromatic rings. The largest absolute Gasteiger partial charge is 0.334 e. The van der Waals surface area contributed by atoms with Crippen LogP contribution in [0.1, 0.15) is 26.2 Å². The van der Waals surface area contributed by atoms with Crippen LogP contribution in [0, 0.1) is 0 Å². The smallest absolute Gasteiger partial charge is 0.155 e. The number of quaternary nitrogens is 1. The minimum atomic E-state index is -2.74. The summed E-state index contributed by atoms with van der Waals surface area (Å²) in [5.41, 5.74) is 0. The first-order valence-corrected chi connectivity index (χ1v) is 7.00. The topological polar surface area (TPSA) is 38.6 Å². The van der Waals surface area contributed by atoms with E-state index in [-0.39, 0.29) is 0 Å². The second-order valence-electron chi connectivity index (χ2n) is 3.80. The molecule has 0 amide bonds. The minimum absolute atomic E-state index is 0.292. The van der Waals surface area contributed by atoms with Gasteiger partial charge in [0.05, 0.1) is 25.4 Å². The molecule has 0 aliphatic carbocycles. The van der Waals surface area contributed by atoms with Crippen LogP contribution in [0.5, 0.6) is 0 Å². The fourth-order valence-electron chi connectivity index (χ4n) is 1.75. The number of hydrogen-bond donors (Lipinski definition) is 1. The maximum Gasteiger partial charge on any atom is 0.155 e. The summed E-state index contributed by atoms with van der Waals surface area (Å²) in [7, 11) is -2.74. The molecule has 1 aliphatic rings. The molecule has 0 saturated carbocycles. The first kappa shape index (κ1) is 11.0. The maximum atomic E-state index is 11.2. The Labute approximate surface area is 81.0 Å². The fourth-order valence-corrected chi connectivity index (χ4v) is 2.63.